The van der Waals surface area contributed by atoms with Gasteiger partial charge in [-0.05, 0) is 57.9 Å². The van der Waals surface area contributed by atoms with Crippen LogP contribution in [0.3, 0.4) is 0 Å². The van der Waals surface area contributed by atoms with Crippen molar-refractivity contribution in [3.05, 3.63) is 52.3 Å². The molecule has 0 aliphatic heterocycles. The summed E-state index contributed by atoms with van der Waals surface area (Å²) in [7, 11) is 0. The van der Waals surface area contributed by atoms with E-state index in [9.17, 15) is 4.79 Å². The zero-order valence-electron chi connectivity index (χ0n) is 13.1. The molecule has 0 fully saturated rings. The number of carbonyl (C=O) groups excluding carboxylic acids is 1. The first-order valence-corrected chi connectivity index (χ1v) is 7.85. The first-order valence-electron chi connectivity index (χ1n) is 6.97. The van der Waals surface area contributed by atoms with Gasteiger partial charge in [-0.1, -0.05) is 23.9 Å². The van der Waals surface area contributed by atoms with Crippen molar-refractivity contribution in [2.75, 3.05) is 0 Å². The van der Waals surface area contributed by atoms with Crippen LogP contribution in [0, 0.1) is 27.7 Å². The first kappa shape index (κ1) is 15.7. The van der Waals surface area contributed by atoms with Crippen LogP contribution in [-0.2, 0) is 0 Å². The number of rotatable bonds is 4. The minimum atomic E-state index is -0.201. The smallest absolute Gasteiger partial charge is 0.188 e. The number of thioether (sulfide) groups is 1. The van der Waals surface area contributed by atoms with Gasteiger partial charge in [0.1, 0.15) is 0 Å². The predicted molar refractivity (Wildman–Crippen MR) is 87.1 cm³/mol. The third-order valence-corrected chi connectivity index (χ3v) is 4.37. The van der Waals surface area contributed by atoms with Crippen molar-refractivity contribution in [2.24, 2.45) is 0 Å². The van der Waals surface area contributed by atoms with Crippen molar-refractivity contribution >= 4 is 17.5 Å². The van der Waals surface area contributed by atoms with E-state index < -0.39 is 0 Å². The van der Waals surface area contributed by atoms with Gasteiger partial charge < -0.3 is 0 Å². The lowest BCUT2D eigenvalue weighted by atomic mass is 10.0. The molecule has 0 aliphatic rings. The van der Waals surface area contributed by atoms with E-state index in [-0.39, 0.29) is 11.0 Å². The number of hydrogen-bond donors (Lipinski definition) is 0. The van der Waals surface area contributed by atoms with E-state index in [0.29, 0.717) is 5.16 Å². The minimum Gasteiger partial charge on any atom is -0.293 e. The average Bonchev–Trinajstić information content (AvgIpc) is 2.39. The highest BCUT2D eigenvalue weighted by atomic mass is 32.2. The molecular formula is C17H20N2OS. The van der Waals surface area contributed by atoms with Gasteiger partial charge >= 0.3 is 0 Å². The second kappa shape index (κ2) is 6.39. The van der Waals surface area contributed by atoms with E-state index in [4.69, 9.17) is 0 Å². The van der Waals surface area contributed by atoms with Gasteiger partial charge in [-0.25, -0.2) is 9.97 Å². The largest absolute Gasteiger partial charge is 0.293 e. The van der Waals surface area contributed by atoms with Crippen LogP contribution in [0.4, 0.5) is 0 Å². The van der Waals surface area contributed by atoms with E-state index in [0.717, 1.165) is 22.5 Å². The molecule has 0 saturated carbocycles. The molecule has 0 amide bonds. The molecule has 1 atom stereocenters. The molecule has 1 unspecified atom stereocenters. The van der Waals surface area contributed by atoms with Crippen molar-refractivity contribution in [1.82, 2.24) is 9.97 Å². The number of carbonyl (C=O) groups is 1. The standard InChI is InChI=1S/C17H20N2OS/c1-10-6-7-15(8-11(10)2)16(20)14(5)21-17-18-12(3)9-13(4)19-17/h6-9,14H,1-5H3. The molecule has 0 saturated heterocycles. The van der Waals surface area contributed by atoms with Crippen molar-refractivity contribution in [3.8, 4) is 0 Å². The number of aryl methyl sites for hydroxylation is 4. The third kappa shape index (κ3) is 3.91. The summed E-state index contributed by atoms with van der Waals surface area (Å²) in [6.45, 7) is 9.86. The van der Waals surface area contributed by atoms with Crippen LogP contribution in [0.25, 0.3) is 0 Å². The van der Waals surface area contributed by atoms with Gasteiger partial charge in [0.05, 0.1) is 5.25 Å². The van der Waals surface area contributed by atoms with Crippen molar-refractivity contribution < 1.29 is 4.79 Å². The predicted octanol–water partition coefficient (Wildman–Crippen LogP) is 4.07. The zero-order valence-corrected chi connectivity index (χ0v) is 13.9. The normalized spacial score (nSPS) is 12.2. The Bertz CT molecular complexity index is 662. The maximum atomic E-state index is 12.5. The summed E-state index contributed by atoms with van der Waals surface area (Å²) < 4.78 is 0. The molecule has 2 rings (SSSR count). The van der Waals surface area contributed by atoms with Gasteiger partial charge in [0.15, 0.2) is 10.9 Å². The van der Waals surface area contributed by atoms with Gasteiger partial charge in [-0.15, -0.1) is 0 Å². The summed E-state index contributed by atoms with van der Waals surface area (Å²) in [4.78, 5) is 21.3. The highest BCUT2D eigenvalue weighted by Crippen LogP contribution is 2.24. The summed E-state index contributed by atoms with van der Waals surface area (Å²) in [5.74, 6) is 0.117. The Kier molecular flexibility index (Phi) is 4.78. The number of Topliss-reactive ketones (excluding diaryl/α,β-unsaturated/α-hetero) is 1. The van der Waals surface area contributed by atoms with E-state index in [1.54, 1.807) is 0 Å². The van der Waals surface area contributed by atoms with Crippen molar-refractivity contribution in [3.63, 3.8) is 0 Å². The second-order valence-corrected chi connectivity index (χ2v) is 6.66. The molecule has 0 bridgehead atoms. The number of nitrogens with zero attached hydrogens (tertiary/aromatic N) is 2. The van der Waals surface area contributed by atoms with Crippen LogP contribution in [0.1, 0.15) is 39.8 Å². The molecule has 1 aromatic carbocycles. The van der Waals surface area contributed by atoms with Crippen LogP contribution < -0.4 is 0 Å². The van der Waals surface area contributed by atoms with E-state index in [1.165, 1.54) is 17.3 Å². The minimum absolute atomic E-state index is 0.117. The molecular weight excluding hydrogens is 280 g/mol. The van der Waals surface area contributed by atoms with Crippen LogP contribution in [-0.4, -0.2) is 21.0 Å². The van der Waals surface area contributed by atoms with Gasteiger partial charge in [-0.2, -0.15) is 0 Å². The molecule has 0 radical (unpaired) electrons. The number of aromatic nitrogens is 2. The summed E-state index contributed by atoms with van der Waals surface area (Å²) in [5.41, 5.74) is 4.94. The Morgan fingerprint density at radius 2 is 1.62 bits per heavy atom. The Hall–Kier alpha value is -1.68. The number of benzene rings is 1. The lowest BCUT2D eigenvalue weighted by Gasteiger charge is -2.11. The SMILES string of the molecule is Cc1cc(C)nc(SC(C)C(=O)c2ccc(C)c(C)c2)n1. The van der Waals surface area contributed by atoms with Gasteiger partial charge in [0, 0.05) is 17.0 Å². The highest BCUT2D eigenvalue weighted by molar-refractivity contribution is 8.00. The van der Waals surface area contributed by atoms with Gasteiger partial charge in [-0.3, -0.25) is 4.79 Å². The zero-order chi connectivity index (χ0) is 15.6. The summed E-state index contributed by atoms with van der Waals surface area (Å²) in [5, 5.41) is 0.463. The molecule has 21 heavy (non-hydrogen) atoms. The molecule has 2 aromatic rings. The van der Waals surface area contributed by atoms with Gasteiger partial charge in [0.2, 0.25) is 0 Å². The Balaban J connectivity index is 2.17. The Morgan fingerprint density at radius 3 is 2.19 bits per heavy atom. The average molecular weight is 300 g/mol. The Morgan fingerprint density at radius 1 is 1.00 bits per heavy atom. The molecule has 110 valence electrons. The van der Waals surface area contributed by atoms with Crippen LogP contribution in [0.2, 0.25) is 0 Å². The molecule has 0 N–H and O–H groups in total. The number of ketones is 1. The summed E-state index contributed by atoms with van der Waals surface area (Å²) in [6.07, 6.45) is 0. The fourth-order valence-electron chi connectivity index (χ4n) is 2.09. The molecule has 0 aliphatic carbocycles. The quantitative estimate of drug-likeness (QED) is 0.485. The lowest BCUT2D eigenvalue weighted by Crippen LogP contribution is -2.14. The second-order valence-electron chi connectivity index (χ2n) is 5.36. The fraction of sp³-hybridized carbons (Fsp3) is 0.353. The monoisotopic (exact) mass is 300 g/mol. The molecule has 3 nitrogen and oxygen atoms in total. The molecule has 0 spiro atoms. The number of hydrogen-bond acceptors (Lipinski definition) is 4. The fourth-order valence-corrected chi connectivity index (χ4v) is 3.04. The maximum absolute atomic E-state index is 12.5. The van der Waals surface area contributed by atoms with E-state index in [1.807, 2.05) is 58.9 Å². The van der Waals surface area contributed by atoms with E-state index in [2.05, 4.69) is 9.97 Å². The molecule has 1 heterocycles. The highest BCUT2D eigenvalue weighted by Gasteiger charge is 2.18. The summed E-state index contributed by atoms with van der Waals surface area (Å²) >= 11 is 1.41. The molecule has 4 heteroatoms. The van der Waals surface area contributed by atoms with Crippen molar-refractivity contribution in [1.29, 1.82) is 0 Å². The van der Waals surface area contributed by atoms with Crippen molar-refractivity contribution in [2.45, 2.75) is 45.0 Å². The molecule has 1 aromatic heterocycles. The maximum Gasteiger partial charge on any atom is 0.188 e. The summed E-state index contributed by atoms with van der Waals surface area (Å²) in [6, 6.07) is 7.77. The third-order valence-electron chi connectivity index (χ3n) is 3.40. The Labute approximate surface area is 130 Å². The topological polar surface area (TPSA) is 42.9 Å². The van der Waals surface area contributed by atoms with Crippen LogP contribution >= 0.6 is 11.8 Å². The van der Waals surface area contributed by atoms with Gasteiger partial charge in [0.25, 0.3) is 0 Å². The first-order chi connectivity index (χ1) is 9.86. The van der Waals surface area contributed by atoms with Crippen LogP contribution in [0.5, 0.6) is 0 Å². The lowest BCUT2D eigenvalue weighted by molar-refractivity contribution is 0.0993. The van der Waals surface area contributed by atoms with Crippen LogP contribution in [0.15, 0.2) is 29.4 Å². The van der Waals surface area contributed by atoms with E-state index >= 15 is 0 Å².